The summed E-state index contributed by atoms with van der Waals surface area (Å²) >= 11 is 1.46. The maximum Gasteiger partial charge on any atom is 0.265 e. The van der Waals surface area contributed by atoms with Gasteiger partial charge in [-0.2, -0.15) is 5.26 Å². The Labute approximate surface area is 177 Å². The summed E-state index contributed by atoms with van der Waals surface area (Å²) in [5.74, 6) is 0.120. The van der Waals surface area contributed by atoms with Crippen molar-refractivity contribution in [2.75, 3.05) is 26.2 Å². The molecule has 0 saturated carbocycles. The molecular formula is C23H28N4OS. The number of nitriles is 1. The average Bonchev–Trinajstić information content (AvgIpc) is 2.97. The molecule has 1 amide bonds. The fraction of sp³-hybridized carbons (Fsp3) is 0.522. The Bertz CT molecular complexity index is 883. The molecule has 1 aromatic carbocycles. The van der Waals surface area contributed by atoms with Gasteiger partial charge >= 0.3 is 0 Å². The van der Waals surface area contributed by atoms with Crippen LogP contribution < -0.4 is 0 Å². The maximum atomic E-state index is 13.1. The van der Waals surface area contributed by atoms with Crippen LogP contribution in [0.4, 0.5) is 0 Å². The minimum Gasteiger partial charge on any atom is -0.338 e. The topological polar surface area (TPSA) is 60.2 Å². The van der Waals surface area contributed by atoms with E-state index in [2.05, 4.69) is 16.0 Å². The lowest BCUT2D eigenvalue weighted by atomic mass is 10.0. The van der Waals surface area contributed by atoms with Crippen molar-refractivity contribution in [3.05, 3.63) is 40.4 Å². The highest BCUT2D eigenvalue weighted by atomic mass is 32.1. The summed E-state index contributed by atoms with van der Waals surface area (Å²) in [5, 5.41) is 9.81. The molecule has 0 bridgehead atoms. The lowest BCUT2D eigenvalue weighted by Crippen LogP contribution is -2.47. The smallest absolute Gasteiger partial charge is 0.265 e. The summed E-state index contributed by atoms with van der Waals surface area (Å²) < 4.78 is 0. The summed E-state index contributed by atoms with van der Waals surface area (Å²) in [5.41, 5.74) is 2.38. The number of hydrogen-bond acceptors (Lipinski definition) is 5. The quantitative estimate of drug-likeness (QED) is 0.752. The van der Waals surface area contributed by atoms with Crippen LogP contribution >= 0.6 is 11.3 Å². The van der Waals surface area contributed by atoms with Gasteiger partial charge in [0.05, 0.1) is 17.3 Å². The lowest BCUT2D eigenvalue weighted by molar-refractivity contribution is 0.0626. The van der Waals surface area contributed by atoms with Gasteiger partial charge < -0.3 is 9.80 Å². The molecule has 3 heterocycles. The Balaban J connectivity index is 1.41. The van der Waals surface area contributed by atoms with Gasteiger partial charge in [0.25, 0.3) is 5.91 Å². The summed E-state index contributed by atoms with van der Waals surface area (Å²) in [7, 11) is 0. The number of amides is 1. The lowest BCUT2D eigenvalue weighted by Gasteiger charge is -2.38. The second-order valence-electron chi connectivity index (χ2n) is 8.10. The number of rotatable bonds is 3. The highest BCUT2D eigenvalue weighted by molar-refractivity contribution is 7.17. The molecule has 2 aliphatic heterocycles. The molecule has 0 N–H and O–H groups in total. The molecule has 0 spiro atoms. The number of aryl methyl sites for hydroxylation is 1. The highest BCUT2D eigenvalue weighted by Crippen LogP contribution is 2.30. The molecule has 4 rings (SSSR count). The molecule has 0 aliphatic carbocycles. The number of carbonyl (C=O) groups is 1. The van der Waals surface area contributed by atoms with Crippen molar-refractivity contribution < 1.29 is 4.79 Å². The number of carbonyl (C=O) groups excluding carboxylic acids is 1. The highest BCUT2D eigenvalue weighted by Gasteiger charge is 2.29. The van der Waals surface area contributed by atoms with Crippen LogP contribution in [-0.2, 0) is 0 Å². The molecule has 6 heteroatoms. The Morgan fingerprint density at radius 1 is 1.07 bits per heavy atom. The normalized spacial score (nSPS) is 19.0. The van der Waals surface area contributed by atoms with E-state index in [0.29, 0.717) is 11.6 Å². The summed E-state index contributed by atoms with van der Waals surface area (Å²) in [6.07, 6.45) is 7.51. The van der Waals surface area contributed by atoms with Crippen molar-refractivity contribution >= 4 is 17.2 Å². The van der Waals surface area contributed by atoms with Gasteiger partial charge in [0.2, 0.25) is 0 Å². The number of aromatic nitrogens is 1. The van der Waals surface area contributed by atoms with Gasteiger partial charge in [0.1, 0.15) is 9.88 Å². The van der Waals surface area contributed by atoms with Gasteiger partial charge in [-0.05, 0) is 57.8 Å². The van der Waals surface area contributed by atoms with Crippen molar-refractivity contribution in [2.45, 2.75) is 51.5 Å². The molecule has 0 radical (unpaired) electrons. The van der Waals surface area contributed by atoms with Crippen LogP contribution in [-0.4, -0.2) is 52.9 Å². The van der Waals surface area contributed by atoms with Crippen LogP contribution in [0.15, 0.2) is 24.3 Å². The summed E-state index contributed by atoms with van der Waals surface area (Å²) in [6.45, 7) is 6.04. The molecule has 29 heavy (non-hydrogen) atoms. The fourth-order valence-electron chi connectivity index (χ4n) is 4.44. The zero-order valence-electron chi connectivity index (χ0n) is 17.1. The number of nitrogens with zero attached hydrogens (tertiary/aromatic N) is 4. The van der Waals surface area contributed by atoms with Crippen LogP contribution in [0, 0.1) is 18.3 Å². The molecule has 2 saturated heterocycles. The van der Waals surface area contributed by atoms with Crippen LogP contribution in [0.1, 0.15) is 59.5 Å². The second kappa shape index (κ2) is 9.06. The van der Waals surface area contributed by atoms with E-state index in [4.69, 9.17) is 5.26 Å². The molecule has 0 atom stereocenters. The zero-order chi connectivity index (χ0) is 20.2. The first-order valence-corrected chi connectivity index (χ1v) is 11.5. The van der Waals surface area contributed by atoms with Crippen molar-refractivity contribution in [2.24, 2.45) is 0 Å². The molecule has 1 aromatic heterocycles. The van der Waals surface area contributed by atoms with Gasteiger partial charge in [0, 0.05) is 24.7 Å². The number of piperidine rings is 1. The molecule has 2 fully saturated rings. The number of thiazole rings is 1. The largest absolute Gasteiger partial charge is 0.338 e. The third-order valence-electron chi connectivity index (χ3n) is 6.16. The van der Waals surface area contributed by atoms with Gasteiger partial charge in [-0.15, -0.1) is 11.3 Å². The summed E-state index contributed by atoms with van der Waals surface area (Å²) in [4.78, 5) is 23.2. The van der Waals surface area contributed by atoms with Gasteiger partial charge in [0.15, 0.2) is 0 Å². The van der Waals surface area contributed by atoms with Crippen molar-refractivity contribution in [3.63, 3.8) is 0 Å². The van der Waals surface area contributed by atoms with Crippen LogP contribution in [0.5, 0.6) is 0 Å². The van der Waals surface area contributed by atoms with E-state index in [1.807, 2.05) is 24.0 Å². The third-order valence-corrected chi connectivity index (χ3v) is 7.36. The van der Waals surface area contributed by atoms with Gasteiger partial charge in [-0.1, -0.05) is 25.0 Å². The Hall–Kier alpha value is -2.23. The van der Waals surface area contributed by atoms with E-state index in [-0.39, 0.29) is 5.91 Å². The van der Waals surface area contributed by atoms with Crippen molar-refractivity contribution in [3.8, 4) is 16.6 Å². The van der Waals surface area contributed by atoms with E-state index in [9.17, 15) is 4.79 Å². The second-order valence-corrected chi connectivity index (χ2v) is 9.10. The van der Waals surface area contributed by atoms with Crippen molar-refractivity contribution in [1.29, 1.82) is 5.26 Å². The number of benzene rings is 1. The van der Waals surface area contributed by atoms with E-state index in [1.165, 1.54) is 50.1 Å². The monoisotopic (exact) mass is 408 g/mol. The summed E-state index contributed by atoms with van der Waals surface area (Å²) in [6, 6.07) is 10.2. The van der Waals surface area contributed by atoms with E-state index in [0.717, 1.165) is 47.1 Å². The van der Waals surface area contributed by atoms with Crippen LogP contribution in [0.25, 0.3) is 10.6 Å². The van der Waals surface area contributed by atoms with Gasteiger partial charge in [-0.25, -0.2) is 4.98 Å². The predicted molar refractivity (Wildman–Crippen MR) is 116 cm³/mol. The minimum absolute atomic E-state index is 0.120. The molecular weight excluding hydrogens is 380 g/mol. The Morgan fingerprint density at radius 3 is 2.34 bits per heavy atom. The van der Waals surface area contributed by atoms with Crippen molar-refractivity contribution in [1.82, 2.24) is 14.8 Å². The SMILES string of the molecule is Cc1nc(-c2ccc(C#N)cc2)sc1C(=O)N1CCC(N2CCCCCC2)CC1. The maximum absolute atomic E-state index is 13.1. The molecule has 5 nitrogen and oxygen atoms in total. The first-order valence-electron chi connectivity index (χ1n) is 10.7. The first-order chi connectivity index (χ1) is 14.2. The first kappa shape index (κ1) is 20.1. The number of hydrogen-bond donors (Lipinski definition) is 0. The Morgan fingerprint density at radius 2 is 1.72 bits per heavy atom. The third kappa shape index (κ3) is 4.52. The van der Waals surface area contributed by atoms with Gasteiger partial charge in [-0.3, -0.25) is 4.79 Å². The predicted octanol–water partition coefficient (Wildman–Crippen LogP) is 4.47. The Kier molecular flexibility index (Phi) is 6.27. The van der Waals surface area contributed by atoms with E-state index >= 15 is 0 Å². The molecule has 152 valence electrons. The average molecular weight is 409 g/mol. The molecule has 2 aliphatic rings. The number of likely N-dealkylation sites (tertiary alicyclic amines) is 2. The zero-order valence-corrected chi connectivity index (χ0v) is 17.9. The van der Waals surface area contributed by atoms with E-state index < -0.39 is 0 Å². The minimum atomic E-state index is 0.120. The molecule has 2 aromatic rings. The molecule has 0 unspecified atom stereocenters. The standard InChI is InChI=1S/C23H28N4OS/c1-17-21(29-22(25-17)19-8-6-18(16-24)7-9-19)23(28)27-14-10-20(11-15-27)26-12-4-2-3-5-13-26/h6-9,20H,2-5,10-15H2,1H3. The van der Waals surface area contributed by atoms with Crippen LogP contribution in [0.2, 0.25) is 0 Å². The van der Waals surface area contributed by atoms with E-state index in [1.54, 1.807) is 12.1 Å². The van der Waals surface area contributed by atoms with Crippen LogP contribution in [0.3, 0.4) is 0 Å². The fourth-order valence-corrected chi connectivity index (χ4v) is 5.48.